The average molecular weight is 355 g/mol. The van der Waals surface area contributed by atoms with E-state index in [9.17, 15) is 0 Å². The summed E-state index contributed by atoms with van der Waals surface area (Å²) in [6, 6.07) is 0.995. The van der Waals surface area contributed by atoms with Crippen molar-refractivity contribution in [2.45, 2.75) is 75.9 Å². The largest absolute Gasteiger partial charge is 0.328 e. The lowest BCUT2D eigenvalue weighted by Crippen LogP contribution is -2.36. The van der Waals surface area contributed by atoms with Gasteiger partial charge in [-0.15, -0.1) is 10.2 Å². The minimum atomic E-state index is 0.359. The fraction of sp³-hybridized carbons (Fsp3) is 0.737. The number of hydrogen-bond acceptors (Lipinski definition) is 5. The zero-order valence-electron chi connectivity index (χ0n) is 15.6. The molecule has 0 bridgehead atoms. The van der Waals surface area contributed by atoms with Gasteiger partial charge in [-0.2, -0.15) is 5.10 Å². The van der Waals surface area contributed by atoms with Gasteiger partial charge in [-0.05, 0) is 64.1 Å². The van der Waals surface area contributed by atoms with E-state index in [1.165, 1.54) is 48.6 Å². The maximum atomic E-state index is 6.00. The number of nitrogens with two attached hydrogens (primary N) is 1. The standard InChI is InChI=1S/C19H29N7/c1-12-10-21-23-18(12)13-4-6-25(7-5-13)11-17-22-24-19(14-8-15(20)9-14)26(17)16-2-3-16/h10,13-16H,2-9,11,20H2,1H3,(H,21,23). The van der Waals surface area contributed by atoms with Crippen LogP contribution in [0.2, 0.25) is 0 Å². The van der Waals surface area contributed by atoms with Crippen molar-refractivity contribution in [1.82, 2.24) is 29.9 Å². The summed E-state index contributed by atoms with van der Waals surface area (Å²) in [6.07, 6.45) is 9.00. The molecule has 3 N–H and O–H groups in total. The number of likely N-dealkylation sites (tertiary alicyclic amines) is 1. The highest BCUT2D eigenvalue weighted by atomic mass is 15.3. The lowest BCUT2D eigenvalue weighted by molar-refractivity contribution is 0.195. The topological polar surface area (TPSA) is 88.7 Å². The molecule has 0 atom stereocenters. The fourth-order valence-corrected chi connectivity index (χ4v) is 4.68. The second kappa shape index (κ2) is 6.46. The molecule has 0 aromatic carbocycles. The number of aromatic amines is 1. The van der Waals surface area contributed by atoms with E-state index in [1.807, 2.05) is 6.20 Å². The van der Waals surface area contributed by atoms with Crippen LogP contribution in [0.4, 0.5) is 0 Å². The molecule has 0 radical (unpaired) electrons. The number of nitrogens with zero attached hydrogens (tertiary/aromatic N) is 5. The predicted molar refractivity (Wildman–Crippen MR) is 98.8 cm³/mol. The zero-order valence-corrected chi connectivity index (χ0v) is 15.6. The van der Waals surface area contributed by atoms with Crippen LogP contribution < -0.4 is 5.73 Å². The molecule has 26 heavy (non-hydrogen) atoms. The fourth-order valence-electron chi connectivity index (χ4n) is 4.68. The van der Waals surface area contributed by atoms with Gasteiger partial charge in [-0.3, -0.25) is 10.00 Å². The first kappa shape index (κ1) is 16.4. The monoisotopic (exact) mass is 355 g/mol. The highest BCUT2D eigenvalue weighted by Gasteiger charge is 2.37. The molecule has 5 rings (SSSR count). The highest BCUT2D eigenvalue weighted by Crippen LogP contribution is 2.42. The van der Waals surface area contributed by atoms with E-state index < -0.39 is 0 Å². The third kappa shape index (κ3) is 2.97. The molecule has 140 valence electrons. The first-order valence-corrected chi connectivity index (χ1v) is 10.1. The van der Waals surface area contributed by atoms with Crippen LogP contribution in [0.3, 0.4) is 0 Å². The van der Waals surface area contributed by atoms with E-state index in [1.54, 1.807) is 0 Å². The van der Waals surface area contributed by atoms with Crippen molar-refractivity contribution in [3.05, 3.63) is 29.1 Å². The summed E-state index contributed by atoms with van der Waals surface area (Å²) < 4.78 is 2.46. The molecule has 1 aliphatic heterocycles. The summed E-state index contributed by atoms with van der Waals surface area (Å²) in [5, 5.41) is 16.6. The molecule has 7 heteroatoms. The van der Waals surface area contributed by atoms with Gasteiger partial charge in [0.05, 0.1) is 12.7 Å². The lowest BCUT2D eigenvalue weighted by Gasteiger charge is -2.33. The van der Waals surface area contributed by atoms with E-state index >= 15 is 0 Å². The number of aryl methyl sites for hydroxylation is 1. The molecule has 3 heterocycles. The Morgan fingerprint density at radius 3 is 2.50 bits per heavy atom. The van der Waals surface area contributed by atoms with Gasteiger partial charge >= 0.3 is 0 Å². The second-order valence-corrected chi connectivity index (χ2v) is 8.52. The molecule has 2 aliphatic carbocycles. The van der Waals surface area contributed by atoms with Crippen LogP contribution in [0.15, 0.2) is 6.20 Å². The van der Waals surface area contributed by atoms with Crippen molar-refractivity contribution in [3.63, 3.8) is 0 Å². The lowest BCUT2D eigenvalue weighted by atomic mass is 9.80. The number of H-pyrrole nitrogens is 1. The molecule has 1 saturated heterocycles. The Balaban J connectivity index is 1.25. The van der Waals surface area contributed by atoms with E-state index in [0.717, 1.165) is 32.5 Å². The van der Waals surface area contributed by atoms with Crippen LogP contribution in [-0.2, 0) is 6.54 Å². The summed E-state index contributed by atoms with van der Waals surface area (Å²) in [7, 11) is 0. The van der Waals surface area contributed by atoms with E-state index in [-0.39, 0.29) is 0 Å². The van der Waals surface area contributed by atoms with E-state index in [0.29, 0.717) is 23.9 Å². The van der Waals surface area contributed by atoms with Gasteiger partial charge in [0.2, 0.25) is 0 Å². The molecule has 0 amide bonds. The van der Waals surface area contributed by atoms with Crippen LogP contribution in [0.1, 0.15) is 79.3 Å². The molecule has 0 spiro atoms. The second-order valence-electron chi connectivity index (χ2n) is 8.52. The summed E-state index contributed by atoms with van der Waals surface area (Å²) in [5.41, 5.74) is 8.62. The highest BCUT2D eigenvalue weighted by molar-refractivity contribution is 5.19. The number of hydrogen-bond donors (Lipinski definition) is 2. The van der Waals surface area contributed by atoms with Gasteiger partial charge in [0.25, 0.3) is 0 Å². The van der Waals surface area contributed by atoms with Gasteiger partial charge in [-0.25, -0.2) is 0 Å². The van der Waals surface area contributed by atoms with Gasteiger partial charge < -0.3 is 10.3 Å². The Labute approximate surface area is 154 Å². The van der Waals surface area contributed by atoms with Gasteiger partial charge in [0.1, 0.15) is 11.6 Å². The van der Waals surface area contributed by atoms with E-state index in [4.69, 9.17) is 5.73 Å². The molecule has 2 saturated carbocycles. The Morgan fingerprint density at radius 1 is 1.12 bits per heavy atom. The minimum absolute atomic E-state index is 0.359. The van der Waals surface area contributed by atoms with Crippen LogP contribution in [0.5, 0.6) is 0 Å². The maximum Gasteiger partial charge on any atom is 0.147 e. The van der Waals surface area contributed by atoms with Crippen LogP contribution in [-0.4, -0.2) is 49.0 Å². The summed E-state index contributed by atoms with van der Waals surface area (Å²) in [5.74, 6) is 3.51. The van der Waals surface area contributed by atoms with Crippen LogP contribution >= 0.6 is 0 Å². The maximum absolute atomic E-state index is 6.00. The van der Waals surface area contributed by atoms with Crippen molar-refractivity contribution in [2.75, 3.05) is 13.1 Å². The summed E-state index contributed by atoms with van der Waals surface area (Å²) in [6.45, 7) is 5.31. The first-order valence-electron chi connectivity index (χ1n) is 10.1. The van der Waals surface area contributed by atoms with Crippen molar-refractivity contribution in [2.24, 2.45) is 5.73 Å². The van der Waals surface area contributed by atoms with E-state index in [2.05, 4.69) is 36.8 Å². The Bertz CT molecular complexity index is 761. The zero-order chi connectivity index (χ0) is 17.7. The molecule has 2 aromatic rings. The summed E-state index contributed by atoms with van der Waals surface area (Å²) in [4.78, 5) is 2.54. The Morgan fingerprint density at radius 2 is 1.88 bits per heavy atom. The first-order chi connectivity index (χ1) is 12.7. The average Bonchev–Trinajstić information content (AvgIpc) is 3.24. The summed E-state index contributed by atoms with van der Waals surface area (Å²) >= 11 is 0. The molecule has 3 aliphatic rings. The van der Waals surface area contributed by atoms with Crippen molar-refractivity contribution in [1.29, 1.82) is 0 Å². The molecular formula is C19H29N7. The van der Waals surface area contributed by atoms with Gasteiger partial charge in [0.15, 0.2) is 0 Å². The predicted octanol–water partition coefficient (Wildman–Crippen LogP) is 2.23. The van der Waals surface area contributed by atoms with Crippen molar-refractivity contribution in [3.8, 4) is 0 Å². The molecule has 7 nitrogen and oxygen atoms in total. The Kier molecular flexibility index (Phi) is 4.09. The molecule has 2 aromatic heterocycles. The third-order valence-electron chi connectivity index (χ3n) is 6.47. The third-order valence-corrected chi connectivity index (χ3v) is 6.47. The van der Waals surface area contributed by atoms with Crippen molar-refractivity contribution >= 4 is 0 Å². The van der Waals surface area contributed by atoms with Crippen molar-refractivity contribution < 1.29 is 0 Å². The van der Waals surface area contributed by atoms with Gasteiger partial charge in [0, 0.05) is 29.6 Å². The van der Waals surface area contributed by atoms with Crippen LogP contribution in [0.25, 0.3) is 0 Å². The molecule has 3 fully saturated rings. The quantitative estimate of drug-likeness (QED) is 0.858. The SMILES string of the molecule is Cc1cn[nH]c1C1CCN(Cc2nnc(C3CC(N)C3)n2C2CC2)CC1. The number of aromatic nitrogens is 5. The number of piperidine rings is 1. The normalized spacial score (nSPS) is 27.6. The molecule has 0 unspecified atom stereocenters. The Hall–Kier alpha value is -1.73. The number of rotatable bonds is 5. The minimum Gasteiger partial charge on any atom is -0.328 e. The van der Waals surface area contributed by atoms with Crippen LogP contribution in [0, 0.1) is 6.92 Å². The number of nitrogens with one attached hydrogen (secondary N) is 1. The van der Waals surface area contributed by atoms with Gasteiger partial charge in [-0.1, -0.05) is 0 Å². The smallest absolute Gasteiger partial charge is 0.147 e. The molecular weight excluding hydrogens is 326 g/mol.